The van der Waals surface area contributed by atoms with Gasteiger partial charge in [0.25, 0.3) is 0 Å². The summed E-state index contributed by atoms with van der Waals surface area (Å²) in [6.07, 6.45) is -6.55. The number of esters is 5. The van der Waals surface area contributed by atoms with Crippen molar-refractivity contribution in [2.75, 3.05) is 13.7 Å². The maximum absolute atomic E-state index is 13.4. The Hall–Kier alpha value is -5.82. The van der Waals surface area contributed by atoms with Crippen LogP contribution in [0.15, 0.2) is 102 Å². The Morgan fingerprint density at radius 3 is 1.61 bits per heavy atom. The number of benzene rings is 3. The van der Waals surface area contributed by atoms with Crippen LogP contribution in [0.3, 0.4) is 0 Å². The third-order valence-corrected chi connectivity index (χ3v) is 6.97. The number of hydrogen-bond donors (Lipinski definition) is 2. The number of nitrogens with one attached hydrogen (secondary N) is 1. The van der Waals surface area contributed by atoms with E-state index in [1.165, 1.54) is 57.2 Å². The van der Waals surface area contributed by atoms with E-state index in [2.05, 4.69) is 4.74 Å². The van der Waals surface area contributed by atoms with E-state index in [1.807, 2.05) is 0 Å². The lowest BCUT2D eigenvalue weighted by molar-refractivity contribution is -0.150. The summed E-state index contributed by atoms with van der Waals surface area (Å²) in [4.78, 5) is 65.5. The van der Waals surface area contributed by atoms with E-state index < -0.39 is 83.5 Å². The molecule has 13 nitrogen and oxygen atoms in total. The van der Waals surface area contributed by atoms with Crippen molar-refractivity contribution in [1.82, 2.24) is 0 Å². The largest absolute Gasteiger partial charge is 0.508 e. The van der Waals surface area contributed by atoms with Crippen LogP contribution in [0, 0.1) is 5.41 Å². The van der Waals surface area contributed by atoms with Crippen molar-refractivity contribution in [2.45, 2.75) is 50.8 Å². The number of carbonyl (C=O) groups is 5. The Labute approximate surface area is 281 Å². The second-order valence-corrected chi connectivity index (χ2v) is 11.7. The predicted molar refractivity (Wildman–Crippen MR) is 172 cm³/mol. The van der Waals surface area contributed by atoms with Gasteiger partial charge in [0, 0.05) is 0 Å². The van der Waals surface area contributed by atoms with Gasteiger partial charge in [-0.15, -0.1) is 0 Å². The van der Waals surface area contributed by atoms with Crippen LogP contribution in [-0.2, 0) is 38.0 Å². The molecule has 0 bridgehead atoms. The van der Waals surface area contributed by atoms with Gasteiger partial charge >= 0.3 is 29.8 Å². The SMILES string of the molecule is COC(=O)C(=N)/C(C(=O)OC(C)(C)C)=C(/O)[C@@H]1O[C@H](COC(=O)c2ccccc2)[C@@H](OC(=O)c2ccccc2)[C@H]1OC(=O)c1ccccc1. The molecule has 0 amide bonds. The standard InChI is InChI=1S/C36H35NO12/c1-36(2,3)49-34(42)25(26(37)35(43)44-4)27(38)29-30(48-33(41)23-18-12-7-13-19-23)28(47-32(40)22-16-10-6-11-17-22)24(46-29)20-45-31(39)21-14-8-5-9-15-21/h5-19,24,28-30,37-38H,20H2,1-4H3/b27-25-,37-26?/t24-,28-,29+,30-/m1/s1. The summed E-state index contributed by atoms with van der Waals surface area (Å²) in [6, 6.07) is 23.5. The first-order chi connectivity index (χ1) is 23.3. The molecule has 1 heterocycles. The van der Waals surface area contributed by atoms with Gasteiger partial charge in [0.1, 0.15) is 29.6 Å². The average molecular weight is 674 g/mol. The lowest BCUT2D eigenvalue weighted by atomic mass is 10.00. The third-order valence-electron chi connectivity index (χ3n) is 6.97. The van der Waals surface area contributed by atoms with Gasteiger partial charge in [0.15, 0.2) is 24.0 Å². The summed E-state index contributed by atoms with van der Waals surface area (Å²) < 4.78 is 33.1. The van der Waals surface area contributed by atoms with Gasteiger partial charge in [-0.25, -0.2) is 24.0 Å². The Morgan fingerprint density at radius 1 is 0.714 bits per heavy atom. The minimum atomic E-state index is -1.85. The van der Waals surface area contributed by atoms with Crippen molar-refractivity contribution < 1.29 is 57.5 Å². The second kappa shape index (κ2) is 15.8. The number of aliphatic hydroxyl groups excluding tert-OH is 1. The number of carbonyl (C=O) groups excluding carboxylic acids is 5. The van der Waals surface area contributed by atoms with Crippen LogP contribution in [-0.4, -0.2) is 84.4 Å². The molecule has 0 radical (unpaired) electrons. The molecule has 1 aliphatic heterocycles. The van der Waals surface area contributed by atoms with Crippen LogP contribution in [0.4, 0.5) is 0 Å². The van der Waals surface area contributed by atoms with E-state index in [1.54, 1.807) is 54.6 Å². The fourth-order valence-corrected chi connectivity index (χ4v) is 4.71. The summed E-state index contributed by atoms with van der Waals surface area (Å²) in [6.45, 7) is 3.98. The first kappa shape index (κ1) is 36.0. The van der Waals surface area contributed by atoms with Gasteiger partial charge in [0.05, 0.1) is 23.8 Å². The molecule has 0 aliphatic carbocycles. The molecule has 49 heavy (non-hydrogen) atoms. The first-order valence-corrected chi connectivity index (χ1v) is 15.0. The highest BCUT2D eigenvalue weighted by Gasteiger charge is 2.53. The first-order valence-electron chi connectivity index (χ1n) is 15.0. The van der Waals surface area contributed by atoms with E-state index >= 15 is 0 Å². The summed E-state index contributed by atoms with van der Waals surface area (Å²) in [5.41, 5.74) is -2.81. The van der Waals surface area contributed by atoms with Crippen LogP contribution in [0.5, 0.6) is 0 Å². The normalized spacial score (nSPS) is 19.1. The fraction of sp³-hybridized carbons (Fsp3) is 0.278. The summed E-state index contributed by atoms with van der Waals surface area (Å²) in [5, 5.41) is 20.0. The number of ether oxygens (including phenoxy) is 6. The molecule has 0 aromatic heterocycles. The molecule has 1 saturated heterocycles. The second-order valence-electron chi connectivity index (χ2n) is 11.7. The molecule has 3 aromatic carbocycles. The Balaban J connectivity index is 1.82. The highest BCUT2D eigenvalue weighted by atomic mass is 16.7. The predicted octanol–water partition coefficient (Wildman–Crippen LogP) is 4.41. The van der Waals surface area contributed by atoms with Crippen LogP contribution < -0.4 is 0 Å². The highest BCUT2D eigenvalue weighted by molar-refractivity contribution is 6.48. The zero-order chi connectivity index (χ0) is 35.7. The number of methoxy groups -OCH3 is 1. The van der Waals surface area contributed by atoms with Gasteiger partial charge in [-0.1, -0.05) is 54.6 Å². The van der Waals surface area contributed by atoms with Crippen molar-refractivity contribution in [3.8, 4) is 0 Å². The number of rotatable bonds is 11. The van der Waals surface area contributed by atoms with Crippen LogP contribution >= 0.6 is 0 Å². The van der Waals surface area contributed by atoms with Gasteiger partial charge in [-0.3, -0.25) is 5.41 Å². The van der Waals surface area contributed by atoms with E-state index in [-0.39, 0.29) is 16.7 Å². The molecule has 1 aliphatic rings. The van der Waals surface area contributed by atoms with Crippen LogP contribution in [0.1, 0.15) is 51.8 Å². The maximum Gasteiger partial charge on any atom is 0.356 e. The van der Waals surface area contributed by atoms with E-state index in [0.29, 0.717) is 0 Å². The molecule has 0 spiro atoms. The molecule has 4 atom stereocenters. The molecule has 3 aromatic rings. The van der Waals surface area contributed by atoms with Gasteiger partial charge in [-0.05, 0) is 57.2 Å². The van der Waals surface area contributed by atoms with E-state index in [4.69, 9.17) is 29.1 Å². The minimum absolute atomic E-state index is 0.0754. The van der Waals surface area contributed by atoms with Crippen LogP contribution in [0.2, 0.25) is 0 Å². The summed E-state index contributed by atoms with van der Waals surface area (Å²) >= 11 is 0. The Kier molecular flexibility index (Phi) is 11.7. The maximum atomic E-state index is 13.4. The smallest absolute Gasteiger partial charge is 0.356 e. The molecule has 1 fully saturated rings. The fourth-order valence-electron chi connectivity index (χ4n) is 4.71. The molecule has 256 valence electrons. The summed E-state index contributed by atoms with van der Waals surface area (Å²) in [7, 11) is 0.966. The van der Waals surface area contributed by atoms with Crippen molar-refractivity contribution >= 4 is 35.6 Å². The van der Waals surface area contributed by atoms with Crippen molar-refractivity contribution in [3.63, 3.8) is 0 Å². The zero-order valence-corrected chi connectivity index (χ0v) is 27.1. The van der Waals surface area contributed by atoms with E-state index in [9.17, 15) is 29.1 Å². The minimum Gasteiger partial charge on any atom is -0.508 e. The number of aliphatic hydroxyl groups is 1. The zero-order valence-electron chi connectivity index (χ0n) is 27.1. The lowest BCUT2D eigenvalue weighted by Crippen LogP contribution is -2.43. The van der Waals surface area contributed by atoms with Crippen molar-refractivity contribution in [2.24, 2.45) is 0 Å². The molecule has 2 N–H and O–H groups in total. The third kappa shape index (κ3) is 9.17. The van der Waals surface area contributed by atoms with Crippen LogP contribution in [0.25, 0.3) is 0 Å². The van der Waals surface area contributed by atoms with Gasteiger partial charge < -0.3 is 33.5 Å². The van der Waals surface area contributed by atoms with Gasteiger partial charge in [0.2, 0.25) is 0 Å². The lowest BCUT2D eigenvalue weighted by Gasteiger charge is -2.25. The monoisotopic (exact) mass is 673 g/mol. The highest BCUT2D eigenvalue weighted by Crippen LogP contribution is 2.34. The number of hydrogen-bond acceptors (Lipinski definition) is 13. The molecule has 4 rings (SSSR count). The molecule has 0 saturated carbocycles. The van der Waals surface area contributed by atoms with E-state index in [0.717, 1.165) is 7.11 Å². The Morgan fingerprint density at radius 2 is 1.16 bits per heavy atom. The Bertz CT molecular complexity index is 1710. The molecular weight excluding hydrogens is 638 g/mol. The summed E-state index contributed by atoms with van der Waals surface area (Å²) in [5.74, 6) is -6.24. The topological polar surface area (TPSA) is 185 Å². The molecular formula is C36H35NO12. The molecule has 0 unspecified atom stereocenters. The van der Waals surface area contributed by atoms with Crippen molar-refractivity contribution in [3.05, 3.63) is 119 Å². The molecule has 13 heteroatoms. The quantitative estimate of drug-likeness (QED) is 0.0962. The van der Waals surface area contributed by atoms with Gasteiger partial charge in [-0.2, -0.15) is 0 Å². The average Bonchev–Trinajstić information content (AvgIpc) is 3.42. The van der Waals surface area contributed by atoms with Crippen molar-refractivity contribution in [1.29, 1.82) is 5.41 Å².